The molecule has 0 saturated carbocycles. The summed E-state index contributed by atoms with van der Waals surface area (Å²) in [4.78, 5) is 20.5. The van der Waals surface area contributed by atoms with Crippen LogP contribution in [0.25, 0.3) is 0 Å². The minimum absolute atomic E-state index is 0.00874. The van der Waals surface area contributed by atoms with Crippen LogP contribution in [-0.4, -0.2) is 39.7 Å². The molecule has 2 aromatic rings. The van der Waals surface area contributed by atoms with Gasteiger partial charge in [-0.05, 0) is 25.1 Å². The van der Waals surface area contributed by atoms with Gasteiger partial charge in [-0.2, -0.15) is 0 Å². The summed E-state index contributed by atoms with van der Waals surface area (Å²) in [5, 5.41) is 24.3. The highest BCUT2D eigenvalue weighted by molar-refractivity contribution is 6.35. The lowest BCUT2D eigenvalue weighted by Gasteiger charge is -2.21. The standard InChI is InChI=1S/C14H15Cl2N5O3/c1-2-20(5-6-22)14-12(21(23)24)13(17-8-18-14)19-11-7-9(15)3-4-10(11)16/h3-4,7-8,22H,2,5-6H2,1H3,(H,17,18,19). The van der Waals surface area contributed by atoms with Crippen molar-refractivity contribution in [2.24, 2.45) is 0 Å². The van der Waals surface area contributed by atoms with E-state index < -0.39 is 4.92 Å². The third-order valence-corrected chi connectivity index (χ3v) is 3.78. The lowest BCUT2D eigenvalue weighted by molar-refractivity contribution is -0.383. The van der Waals surface area contributed by atoms with Crippen molar-refractivity contribution in [1.82, 2.24) is 9.97 Å². The van der Waals surface area contributed by atoms with E-state index in [9.17, 15) is 10.1 Å². The molecule has 10 heteroatoms. The highest BCUT2D eigenvalue weighted by Gasteiger charge is 2.26. The molecule has 1 aromatic carbocycles. The number of nitrogens with one attached hydrogen (secondary N) is 1. The third-order valence-electron chi connectivity index (χ3n) is 3.22. The largest absolute Gasteiger partial charge is 0.395 e. The summed E-state index contributed by atoms with van der Waals surface area (Å²) in [6, 6.07) is 4.72. The first-order chi connectivity index (χ1) is 11.5. The van der Waals surface area contributed by atoms with E-state index in [1.54, 1.807) is 23.1 Å². The maximum Gasteiger partial charge on any atom is 0.353 e. The molecule has 0 aliphatic carbocycles. The van der Waals surface area contributed by atoms with Crippen LogP contribution in [0.2, 0.25) is 10.0 Å². The third kappa shape index (κ3) is 4.02. The van der Waals surface area contributed by atoms with E-state index in [2.05, 4.69) is 15.3 Å². The molecule has 2 N–H and O–H groups in total. The van der Waals surface area contributed by atoms with Crippen molar-refractivity contribution in [3.05, 3.63) is 44.7 Å². The van der Waals surface area contributed by atoms with Crippen LogP contribution < -0.4 is 10.2 Å². The van der Waals surface area contributed by atoms with Crippen LogP contribution in [0, 0.1) is 10.1 Å². The van der Waals surface area contributed by atoms with E-state index in [4.69, 9.17) is 28.3 Å². The molecule has 0 bridgehead atoms. The second-order valence-electron chi connectivity index (χ2n) is 4.70. The number of nitrogens with zero attached hydrogens (tertiary/aromatic N) is 4. The number of rotatable bonds is 7. The SMILES string of the molecule is CCN(CCO)c1ncnc(Nc2cc(Cl)ccc2Cl)c1[N+](=O)[O-]. The van der Waals surface area contributed by atoms with Crippen LogP contribution in [0.15, 0.2) is 24.5 Å². The van der Waals surface area contributed by atoms with Crippen molar-refractivity contribution in [3.63, 3.8) is 0 Å². The first-order valence-corrected chi connectivity index (χ1v) is 7.80. The molecule has 0 saturated heterocycles. The molecule has 0 unspecified atom stereocenters. The van der Waals surface area contributed by atoms with Crippen LogP contribution in [0.5, 0.6) is 0 Å². The summed E-state index contributed by atoms with van der Waals surface area (Å²) in [5.41, 5.74) is 0.0889. The Kier molecular flexibility index (Phi) is 6.13. The molecule has 0 radical (unpaired) electrons. The Hall–Kier alpha value is -2.16. The summed E-state index contributed by atoms with van der Waals surface area (Å²) in [7, 11) is 0. The predicted octanol–water partition coefficient (Wildman–Crippen LogP) is 3.25. The topological polar surface area (TPSA) is 104 Å². The average molecular weight is 372 g/mol. The van der Waals surface area contributed by atoms with Crippen LogP contribution >= 0.6 is 23.2 Å². The molecule has 0 fully saturated rings. The predicted molar refractivity (Wildman–Crippen MR) is 93.4 cm³/mol. The zero-order chi connectivity index (χ0) is 17.7. The Morgan fingerprint density at radius 1 is 1.38 bits per heavy atom. The number of benzene rings is 1. The van der Waals surface area contributed by atoms with E-state index >= 15 is 0 Å². The normalized spacial score (nSPS) is 10.5. The Morgan fingerprint density at radius 2 is 2.12 bits per heavy atom. The van der Waals surface area contributed by atoms with Crippen LogP contribution in [0.3, 0.4) is 0 Å². The molecule has 24 heavy (non-hydrogen) atoms. The molecule has 1 heterocycles. The summed E-state index contributed by atoms with van der Waals surface area (Å²) >= 11 is 12.0. The van der Waals surface area contributed by atoms with E-state index in [1.165, 1.54) is 6.33 Å². The van der Waals surface area contributed by atoms with Gasteiger partial charge in [0.05, 0.1) is 22.2 Å². The Balaban J connectivity index is 2.50. The molecule has 1 aromatic heterocycles. The van der Waals surface area contributed by atoms with Gasteiger partial charge in [-0.1, -0.05) is 23.2 Å². The maximum atomic E-state index is 11.5. The number of aromatic nitrogens is 2. The molecule has 128 valence electrons. The van der Waals surface area contributed by atoms with E-state index in [-0.39, 0.29) is 30.5 Å². The van der Waals surface area contributed by atoms with Gasteiger partial charge in [0.1, 0.15) is 6.33 Å². The van der Waals surface area contributed by atoms with Crippen molar-refractivity contribution in [2.75, 3.05) is 29.9 Å². The van der Waals surface area contributed by atoms with E-state index in [1.807, 2.05) is 6.92 Å². The summed E-state index contributed by atoms with van der Waals surface area (Å²) in [5.74, 6) is 0.109. The van der Waals surface area contributed by atoms with Crippen molar-refractivity contribution in [3.8, 4) is 0 Å². The van der Waals surface area contributed by atoms with Gasteiger partial charge in [-0.3, -0.25) is 10.1 Å². The quantitative estimate of drug-likeness (QED) is 0.568. The average Bonchev–Trinajstić information content (AvgIpc) is 2.55. The first-order valence-electron chi connectivity index (χ1n) is 7.05. The van der Waals surface area contributed by atoms with E-state index in [0.717, 1.165) is 0 Å². The molecule has 8 nitrogen and oxygen atoms in total. The first kappa shape index (κ1) is 18.2. The minimum atomic E-state index is -0.573. The molecule has 0 aliphatic rings. The zero-order valence-corrected chi connectivity index (χ0v) is 14.3. The fourth-order valence-electron chi connectivity index (χ4n) is 2.12. The van der Waals surface area contributed by atoms with Crippen LogP contribution in [0.1, 0.15) is 6.92 Å². The number of aliphatic hydroxyl groups is 1. The van der Waals surface area contributed by atoms with Crippen LogP contribution in [-0.2, 0) is 0 Å². The van der Waals surface area contributed by atoms with Gasteiger partial charge in [0.2, 0.25) is 11.6 Å². The smallest absolute Gasteiger partial charge is 0.353 e. The van der Waals surface area contributed by atoms with Gasteiger partial charge >= 0.3 is 5.69 Å². The summed E-state index contributed by atoms with van der Waals surface area (Å²) in [6.45, 7) is 2.31. The number of hydrogen-bond donors (Lipinski definition) is 2. The molecule has 0 spiro atoms. The fraction of sp³-hybridized carbons (Fsp3) is 0.286. The van der Waals surface area contributed by atoms with Crippen molar-refractivity contribution < 1.29 is 10.0 Å². The van der Waals surface area contributed by atoms with Gasteiger partial charge in [0.25, 0.3) is 0 Å². The monoisotopic (exact) mass is 371 g/mol. The highest BCUT2D eigenvalue weighted by Crippen LogP contribution is 2.35. The number of aliphatic hydroxyl groups excluding tert-OH is 1. The van der Waals surface area contributed by atoms with Gasteiger partial charge in [0, 0.05) is 18.1 Å². The van der Waals surface area contributed by atoms with Gasteiger partial charge in [0.15, 0.2) is 0 Å². The van der Waals surface area contributed by atoms with Crippen molar-refractivity contribution in [2.45, 2.75) is 6.92 Å². The van der Waals surface area contributed by atoms with Crippen molar-refractivity contribution >= 4 is 46.2 Å². The van der Waals surface area contributed by atoms with Crippen molar-refractivity contribution in [1.29, 1.82) is 0 Å². The fourth-order valence-corrected chi connectivity index (χ4v) is 2.45. The minimum Gasteiger partial charge on any atom is -0.395 e. The number of anilines is 3. The van der Waals surface area contributed by atoms with E-state index in [0.29, 0.717) is 22.3 Å². The lowest BCUT2D eigenvalue weighted by atomic mass is 10.3. The van der Waals surface area contributed by atoms with Gasteiger partial charge < -0.3 is 15.3 Å². The zero-order valence-electron chi connectivity index (χ0n) is 12.7. The molecule has 2 rings (SSSR count). The number of hydrogen-bond acceptors (Lipinski definition) is 7. The second-order valence-corrected chi connectivity index (χ2v) is 5.55. The molecule has 0 atom stereocenters. The summed E-state index contributed by atoms with van der Waals surface area (Å²) < 4.78 is 0. The molecular formula is C14H15Cl2N5O3. The maximum absolute atomic E-state index is 11.5. The van der Waals surface area contributed by atoms with Crippen LogP contribution in [0.4, 0.5) is 23.0 Å². The number of halogens is 2. The summed E-state index contributed by atoms with van der Waals surface area (Å²) in [6.07, 6.45) is 1.21. The number of nitro groups is 1. The molecule has 0 amide bonds. The molecule has 0 aliphatic heterocycles. The van der Waals surface area contributed by atoms with Gasteiger partial charge in [-0.25, -0.2) is 9.97 Å². The Labute approximate surface area is 148 Å². The second kappa shape index (κ2) is 8.09. The van der Waals surface area contributed by atoms with Gasteiger partial charge in [-0.15, -0.1) is 0 Å². The highest BCUT2D eigenvalue weighted by atomic mass is 35.5. The molecular weight excluding hydrogens is 357 g/mol. The Morgan fingerprint density at radius 3 is 2.75 bits per heavy atom. The lowest BCUT2D eigenvalue weighted by Crippen LogP contribution is -2.28. The number of likely N-dealkylation sites (N-methyl/N-ethyl adjacent to an activating group) is 1. The Bertz CT molecular complexity index is 744.